The Balaban J connectivity index is 1.75. The van der Waals surface area contributed by atoms with Crippen LogP contribution < -0.4 is 16.0 Å². The van der Waals surface area contributed by atoms with Crippen LogP contribution in [0.3, 0.4) is 0 Å². The van der Waals surface area contributed by atoms with E-state index in [2.05, 4.69) is 16.0 Å². The summed E-state index contributed by atoms with van der Waals surface area (Å²) in [6.07, 6.45) is -3.71. The third-order valence-electron chi connectivity index (χ3n) is 14.5. The number of alkyl carbamates (subject to hydrolysis) is 1. The molecule has 1 heterocycles. The molecule has 6 amide bonds. The highest BCUT2D eigenvalue weighted by Gasteiger charge is 2.44. The van der Waals surface area contributed by atoms with Gasteiger partial charge in [-0.25, -0.2) is 14.4 Å². The van der Waals surface area contributed by atoms with E-state index in [1.807, 2.05) is 50.2 Å². The largest absolute Gasteiger partial charge is 0.445 e. The summed E-state index contributed by atoms with van der Waals surface area (Å²) in [5, 5.41) is 19.3. The molecule has 1 aliphatic rings. The summed E-state index contributed by atoms with van der Waals surface area (Å²) in [6.45, 7) is 21.7. The molecule has 2 aromatic carbocycles. The number of aliphatic hydroxyl groups is 1. The number of amides is 6. The van der Waals surface area contributed by atoms with Crippen molar-refractivity contribution < 1.29 is 62.4 Å². The molecule has 3 rings (SSSR count). The van der Waals surface area contributed by atoms with Crippen LogP contribution in [0.25, 0.3) is 0 Å². The van der Waals surface area contributed by atoms with E-state index in [1.54, 1.807) is 110 Å². The second-order valence-electron chi connectivity index (χ2n) is 21.6. The van der Waals surface area contributed by atoms with Crippen LogP contribution in [0.2, 0.25) is 0 Å². The first-order valence-electron chi connectivity index (χ1n) is 26.9. The standard InChI is InChI=1S/C57H90N6O13/c1-17-37(10)48(43(72-15)31-44(64)63-30-24-29-42(63)50(73-16)38(11)51(66)58-39(12)49(65)41-27-22-19-23-28-41)61(13)53(68)45(33(2)3)59-52(67)47(35(6)7)62(14)57(71)76-55(36(8)9)75-54(69)46(34(4)5)60-56(70)74-32-40-25-20-18-21-26-40/h18-23,25-28,33-39,42-43,45-50,55,65H,17,24,29-32H2,1-16H3,(H,58,66)(H,59,67)(H,60,70)/t37-,38+,39+,42-,43+,45-,46-,47-,48?,49+,50+,55?/m0/s1. The molecule has 2 unspecified atom stereocenters. The van der Waals surface area contributed by atoms with Crippen LogP contribution in [0, 0.1) is 35.5 Å². The fraction of sp³-hybridized carbons (Fsp3) is 0.667. The van der Waals surface area contributed by atoms with Crippen molar-refractivity contribution in [2.45, 2.75) is 176 Å². The summed E-state index contributed by atoms with van der Waals surface area (Å²) in [7, 11) is 6.04. The first-order chi connectivity index (χ1) is 35.8. The first-order valence-corrected chi connectivity index (χ1v) is 26.9. The van der Waals surface area contributed by atoms with Gasteiger partial charge in [-0.2, -0.15) is 0 Å². The highest BCUT2D eigenvalue weighted by Crippen LogP contribution is 2.30. The van der Waals surface area contributed by atoms with Gasteiger partial charge >= 0.3 is 18.2 Å². The molecule has 0 bridgehead atoms. The number of likely N-dealkylation sites (N-methyl/N-ethyl adjacent to an activating group) is 2. The van der Waals surface area contributed by atoms with Crippen molar-refractivity contribution in [3.8, 4) is 0 Å². The van der Waals surface area contributed by atoms with Gasteiger partial charge in [0.15, 0.2) is 0 Å². The fourth-order valence-electron chi connectivity index (χ4n) is 9.75. The van der Waals surface area contributed by atoms with Crippen molar-refractivity contribution in [2.75, 3.05) is 34.9 Å². The van der Waals surface area contributed by atoms with Gasteiger partial charge in [-0.15, -0.1) is 0 Å². The summed E-state index contributed by atoms with van der Waals surface area (Å²) in [4.78, 5) is 102. The first kappa shape index (κ1) is 64.5. The van der Waals surface area contributed by atoms with E-state index in [0.29, 0.717) is 31.4 Å². The number of rotatable bonds is 28. The molecule has 426 valence electrons. The number of nitrogens with one attached hydrogen (secondary N) is 3. The van der Waals surface area contributed by atoms with Gasteiger partial charge in [-0.3, -0.25) is 24.1 Å². The van der Waals surface area contributed by atoms with Crippen molar-refractivity contribution in [3.63, 3.8) is 0 Å². The number of methoxy groups -OCH3 is 2. The quantitative estimate of drug-likeness (QED) is 0.0505. The van der Waals surface area contributed by atoms with Crippen molar-refractivity contribution in [1.82, 2.24) is 30.7 Å². The van der Waals surface area contributed by atoms with Gasteiger partial charge in [-0.1, -0.05) is 143 Å². The lowest BCUT2D eigenvalue weighted by Gasteiger charge is -2.41. The number of ether oxygens (including phenoxy) is 5. The topological polar surface area (TPSA) is 232 Å². The predicted octanol–water partition coefficient (Wildman–Crippen LogP) is 6.86. The Kier molecular flexibility index (Phi) is 26.2. The molecule has 19 heteroatoms. The summed E-state index contributed by atoms with van der Waals surface area (Å²) in [5.41, 5.74) is 1.43. The van der Waals surface area contributed by atoms with Gasteiger partial charge in [0.2, 0.25) is 23.6 Å². The van der Waals surface area contributed by atoms with Crippen LogP contribution in [0.4, 0.5) is 9.59 Å². The zero-order valence-electron chi connectivity index (χ0n) is 47.9. The van der Waals surface area contributed by atoms with Crippen molar-refractivity contribution in [3.05, 3.63) is 71.8 Å². The van der Waals surface area contributed by atoms with Gasteiger partial charge < -0.3 is 54.5 Å². The number of hydrogen-bond donors (Lipinski definition) is 4. The molecule has 2 aromatic rings. The van der Waals surface area contributed by atoms with Gasteiger partial charge in [0, 0.05) is 40.8 Å². The molecule has 1 fully saturated rings. The van der Waals surface area contributed by atoms with Gasteiger partial charge in [0.1, 0.15) is 24.7 Å². The Morgan fingerprint density at radius 3 is 1.83 bits per heavy atom. The molecule has 0 aliphatic carbocycles. The molecule has 1 aliphatic heterocycles. The lowest BCUT2D eigenvalue weighted by molar-refractivity contribution is -0.180. The number of hydrogen-bond acceptors (Lipinski definition) is 13. The summed E-state index contributed by atoms with van der Waals surface area (Å²) < 4.78 is 28.8. The maximum atomic E-state index is 14.8. The highest BCUT2D eigenvalue weighted by atomic mass is 16.7. The lowest BCUT2D eigenvalue weighted by Crippen LogP contribution is -2.60. The number of aliphatic hydroxyl groups excluding tert-OH is 1. The van der Waals surface area contributed by atoms with Crippen molar-refractivity contribution >= 4 is 41.8 Å². The van der Waals surface area contributed by atoms with Crippen LogP contribution in [-0.2, 0) is 54.3 Å². The molecular weight excluding hydrogens is 977 g/mol. The second-order valence-corrected chi connectivity index (χ2v) is 21.6. The van der Waals surface area contributed by atoms with Crippen LogP contribution in [0.5, 0.6) is 0 Å². The maximum absolute atomic E-state index is 14.8. The Bertz CT molecular complexity index is 2160. The fourth-order valence-corrected chi connectivity index (χ4v) is 9.75. The zero-order valence-corrected chi connectivity index (χ0v) is 47.9. The van der Waals surface area contributed by atoms with Gasteiger partial charge in [-0.05, 0) is 54.6 Å². The minimum Gasteiger partial charge on any atom is -0.445 e. The molecule has 0 radical (unpaired) electrons. The summed E-state index contributed by atoms with van der Waals surface area (Å²) in [6, 6.07) is 13.1. The number of esters is 1. The van der Waals surface area contributed by atoms with E-state index in [-0.39, 0.29) is 30.8 Å². The monoisotopic (exact) mass is 1070 g/mol. The van der Waals surface area contributed by atoms with Gasteiger partial charge in [0.25, 0.3) is 6.29 Å². The Labute approximate surface area is 451 Å². The van der Waals surface area contributed by atoms with Gasteiger partial charge in [0.05, 0.1) is 48.8 Å². The molecular formula is C57H90N6O13. The molecule has 4 N–H and O–H groups in total. The smallest absolute Gasteiger partial charge is 0.413 e. The molecule has 19 nitrogen and oxygen atoms in total. The maximum Gasteiger partial charge on any atom is 0.413 e. The average molecular weight is 1070 g/mol. The van der Waals surface area contributed by atoms with E-state index >= 15 is 0 Å². The van der Waals surface area contributed by atoms with E-state index < -0.39 is 120 Å². The molecule has 12 atom stereocenters. The van der Waals surface area contributed by atoms with E-state index in [4.69, 9.17) is 23.7 Å². The zero-order chi connectivity index (χ0) is 57.1. The Morgan fingerprint density at radius 2 is 1.30 bits per heavy atom. The molecule has 76 heavy (non-hydrogen) atoms. The minimum atomic E-state index is -1.40. The predicted molar refractivity (Wildman–Crippen MR) is 288 cm³/mol. The highest BCUT2D eigenvalue weighted by molar-refractivity contribution is 5.92. The third kappa shape index (κ3) is 17.9. The number of nitrogens with zero attached hydrogens (tertiary/aromatic N) is 3. The number of carbonyl (C=O) groups is 7. The third-order valence-corrected chi connectivity index (χ3v) is 14.5. The number of carbonyl (C=O) groups excluding carboxylic acids is 7. The minimum absolute atomic E-state index is 0.0144. The average Bonchev–Trinajstić information content (AvgIpc) is 3.87. The van der Waals surface area contributed by atoms with Crippen LogP contribution >= 0.6 is 0 Å². The van der Waals surface area contributed by atoms with Crippen molar-refractivity contribution in [2.24, 2.45) is 35.5 Å². The lowest BCUT2D eigenvalue weighted by atomic mass is 9.89. The molecule has 0 aromatic heterocycles. The van der Waals surface area contributed by atoms with E-state index in [0.717, 1.165) is 10.5 Å². The van der Waals surface area contributed by atoms with Crippen LogP contribution in [0.15, 0.2) is 60.7 Å². The second kappa shape index (κ2) is 30.8. The molecule has 1 saturated heterocycles. The van der Waals surface area contributed by atoms with E-state index in [1.165, 1.54) is 21.3 Å². The molecule has 0 spiro atoms. The Morgan fingerprint density at radius 1 is 0.711 bits per heavy atom. The number of likely N-dealkylation sites (tertiary alicyclic amines) is 1. The summed E-state index contributed by atoms with van der Waals surface area (Å²) >= 11 is 0. The van der Waals surface area contributed by atoms with Crippen LogP contribution in [0.1, 0.15) is 126 Å². The number of benzene rings is 2. The Hall–Kier alpha value is -5.79. The summed E-state index contributed by atoms with van der Waals surface area (Å²) in [5.74, 6) is -5.15. The molecule has 0 saturated carbocycles. The SMILES string of the molecule is CC[C@H](C)C([C@@H](CC(=O)N1CCC[C@H]1[C@H](OC)[C@@H](C)C(=O)N[C@H](C)[C@@H](O)c1ccccc1)OC)N(C)C(=O)[C@@H](NC(=O)[C@H](C(C)C)N(C)C(=O)OC(OC(=O)[C@@H](NC(=O)OCc1ccccc1)C(C)C)C(C)C)C(C)C. The van der Waals surface area contributed by atoms with Crippen molar-refractivity contribution in [1.29, 1.82) is 0 Å². The normalized spacial score (nSPS) is 18.0. The van der Waals surface area contributed by atoms with E-state index in [9.17, 15) is 38.7 Å². The van der Waals surface area contributed by atoms with Crippen LogP contribution in [-0.4, -0.2) is 151 Å².